The summed E-state index contributed by atoms with van der Waals surface area (Å²) in [6.45, 7) is 1.31. The van der Waals surface area contributed by atoms with Gasteiger partial charge in [-0.3, -0.25) is 14.4 Å². The number of ether oxygens (including phenoxy) is 1. The smallest absolute Gasteiger partial charge is 0.308 e. The van der Waals surface area contributed by atoms with Gasteiger partial charge in [-0.15, -0.1) is 0 Å². The number of fused-ring (bicyclic) bond motifs is 3. The van der Waals surface area contributed by atoms with Gasteiger partial charge in [0.1, 0.15) is 5.75 Å². The minimum absolute atomic E-state index is 0.349. The predicted molar refractivity (Wildman–Crippen MR) is 105 cm³/mol. The topological polar surface area (TPSA) is 65.4 Å². The van der Waals surface area contributed by atoms with Crippen LogP contribution in [0.5, 0.6) is 5.75 Å². The summed E-state index contributed by atoms with van der Waals surface area (Å²) in [5, 5.41) is 2.37. The average molecular weight is 357 g/mol. The Kier molecular flexibility index (Phi) is 4.05. The summed E-state index contributed by atoms with van der Waals surface area (Å²) < 4.78 is 6.18. The average Bonchev–Trinajstić information content (AvgIpc) is 2.77. The maximum absolute atomic E-state index is 13.2. The van der Waals surface area contributed by atoms with E-state index in [0.29, 0.717) is 22.2 Å². The SMILES string of the molecule is CC(=O)Oc1ccc(-n2c(=O)c3ccccc3c3ccccc3c2=O)cc1. The molecule has 5 heteroatoms. The zero-order chi connectivity index (χ0) is 19.0. The van der Waals surface area contributed by atoms with Crippen LogP contribution >= 0.6 is 0 Å². The van der Waals surface area contributed by atoms with Crippen LogP contribution in [0.1, 0.15) is 6.92 Å². The lowest BCUT2D eigenvalue weighted by Crippen LogP contribution is -2.28. The summed E-state index contributed by atoms with van der Waals surface area (Å²) >= 11 is 0. The van der Waals surface area contributed by atoms with Crippen molar-refractivity contribution >= 4 is 27.5 Å². The Labute approximate surface area is 154 Å². The van der Waals surface area contributed by atoms with Crippen LogP contribution < -0.4 is 15.9 Å². The van der Waals surface area contributed by atoms with Crippen LogP contribution in [-0.2, 0) is 4.79 Å². The number of carbonyl (C=O) groups excluding carboxylic acids is 1. The van der Waals surface area contributed by atoms with Crippen LogP contribution in [0, 0.1) is 0 Å². The molecule has 5 nitrogen and oxygen atoms in total. The van der Waals surface area contributed by atoms with Crippen molar-refractivity contribution in [1.82, 2.24) is 4.57 Å². The van der Waals surface area contributed by atoms with Crippen molar-refractivity contribution in [2.75, 3.05) is 0 Å². The minimum Gasteiger partial charge on any atom is -0.427 e. The van der Waals surface area contributed by atoms with Crippen LogP contribution in [0.2, 0.25) is 0 Å². The van der Waals surface area contributed by atoms with Gasteiger partial charge in [0.25, 0.3) is 11.1 Å². The summed E-state index contributed by atoms with van der Waals surface area (Å²) in [6, 6.07) is 20.6. The number of aromatic nitrogens is 1. The quantitative estimate of drug-likeness (QED) is 0.407. The summed E-state index contributed by atoms with van der Waals surface area (Å²) in [5.74, 6) is -0.0886. The molecule has 1 heterocycles. The molecule has 0 amide bonds. The molecule has 0 unspecified atom stereocenters. The van der Waals surface area contributed by atoms with Crippen LogP contribution in [0.15, 0.2) is 82.4 Å². The van der Waals surface area contributed by atoms with E-state index in [2.05, 4.69) is 0 Å². The number of benzene rings is 3. The molecule has 0 N–H and O–H groups in total. The van der Waals surface area contributed by atoms with Gasteiger partial charge >= 0.3 is 5.97 Å². The molecule has 0 aliphatic carbocycles. The number of hydrogen-bond acceptors (Lipinski definition) is 4. The van der Waals surface area contributed by atoms with Crippen molar-refractivity contribution in [1.29, 1.82) is 0 Å². The molecular weight excluding hydrogens is 342 g/mol. The highest BCUT2D eigenvalue weighted by Crippen LogP contribution is 2.20. The van der Waals surface area contributed by atoms with Gasteiger partial charge in [0.2, 0.25) is 0 Å². The first-order chi connectivity index (χ1) is 13.1. The van der Waals surface area contributed by atoms with Gasteiger partial charge in [0, 0.05) is 17.7 Å². The Morgan fingerprint density at radius 1 is 0.704 bits per heavy atom. The number of nitrogens with zero attached hydrogens (tertiary/aromatic N) is 1. The second-order valence-electron chi connectivity index (χ2n) is 6.12. The first-order valence-corrected chi connectivity index (χ1v) is 8.42. The van der Waals surface area contributed by atoms with Crippen molar-refractivity contribution in [3.05, 3.63) is 93.5 Å². The van der Waals surface area contributed by atoms with E-state index in [1.165, 1.54) is 6.92 Å². The molecule has 0 spiro atoms. The lowest BCUT2D eigenvalue weighted by atomic mass is 10.1. The van der Waals surface area contributed by atoms with E-state index in [1.54, 1.807) is 48.5 Å². The number of rotatable bonds is 2. The fourth-order valence-electron chi connectivity index (χ4n) is 3.21. The monoisotopic (exact) mass is 357 g/mol. The van der Waals surface area contributed by atoms with E-state index in [-0.39, 0.29) is 0 Å². The molecule has 0 saturated heterocycles. The molecule has 1 aromatic heterocycles. The van der Waals surface area contributed by atoms with Crippen molar-refractivity contribution in [3.63, 3.8) is 0 Å². The van der Waals surface area contributed by atoms with Crippen molar-refractivity contribution in [3.8, 4) is 11.4 Å². The Morgan fingerprint density at radius 2 is 1.15 bits per heavy atom. The molecule has 0 bridgehead atoms. The minimum atomic E-state index is -0.437. The standard InChI is InChI=1S/C22H15NO4/c1-14(24)27-16-12-10-15(11-13-16)23-21(25)19-8-4-2-6-17(19)18-7-3-5-9-20(18)22(23)26/h2-13H,1H3. The fourth-order valence-corrected chi connectivity index (χ4v) is 3.21. The molecule has 4 rings (SSSR count). The van der Waals surface area contributed by atoms with E-state index in [0.717, 1.165) is 15.3 Å². The second-order valence-corrected chi connectivity index (χ2v) is 6.12. The molecule has 0 radical (unpaired) electrons. The third kappa shape index (κ3) is 2.89. The molecule has 4 aromatic rings. The van der Waals surface area contributed by atoms with E-state index in [1.807, 2.05) is 24.3 Å². The van der Waals surface area contributed by atoms with Crippen LogP contribution in [0.3, 0.4) is 0 Å². The molecule has 0 saturated carbocycles. The van der Waals surface area contributed by atoms with Gasteiger partial charge in [-0.25, -0.2) is 4.57 Å². The first kappa shape index (κ1) is 16.7. The maximum atomic E-state index is 13.2. The zero-order valence-electron chi connectivity index (χ0n) is 14.5. The van der Waals surface area contributed by atoms with Gasteiger partial charge in [0.15, 0.2) is 0 Å². The summed E-state index contributed by atoms with van der Waals surface area (Å²) in [4.78, 5) is 37.5. The third-order valence-electron chi connectivity index (χ3n) is 4.37. The van der Waals surface area contributed by atoms with Crippen LogP contribution in [0.25, 0.3) is 27.2 Å². The molecular formula is C22H15NO4. The normalized spacial score (nSPS) is 10.9. The lowest BCUT2D eigenvalue weighted by Gasteiger charge is -2.05. The van der Waals surface area contributed by atoms with Crippen molar-refractivity contribution in [2.45, 2.75) is 6.92 Å². The fraction of sp³-hybridized carbons (Fsp3) is 0.0455. The van der Waals surface area contributed by atoms with Crippen molar-refractivity contribution < 1.29 is 9.53 Å². The Hall–Kier alpha value is -3.73. The first-order valence-electron chi connectivity index (χ1n) is 8.42. The highest BCUT2D eigenvalue weighted by atomic mass is 16.5. The summed E-state index contributed by atoms with van der Waals surface area (Å²) in [6.07, 6.45) is 0. The Morgan fingerprint density at radius 3 is 1.59 bits per heavy atom. The molecule has 3 aromatic carbocycles. The Bertz CT molecular complexity index is 1230. The van der Waals surface area contributed by atoms with E-state index < -0.39 is 17.1 Å². The summed E-state index contributed by atoms with van der Waals surface area (Å²) in [7, 11) is 0. The Balaban J connectivity index is 2.10. The number of esters is 1. The van der Waals surface area contributed by atoms with Crippen molar-refractivity contribution in [2.24, 2.45) is 0 Å². The highest BCUT2D eigenvalue weighted by molar-refractivity contribution is 6.05. The zero-order valence-corrected chi connectivity index (χ0v) is 14.5. The van der Waals surface area contributed by atoms with Gasteiger partial charge in [-0.05, 0) is 47.2 Å². The summed E-state index contributed by atoms with van der Waals surface area (Å²) in [5.41, 5.74) is -0.383. The molecule has 27 heavy (non-hydrogen) atoms. The molecule has 0 aliphatic rings. The second kappa shape index (κ2) is 6.53. The van der Waals surface area contributed by atoms with Gasteiger partial charge in [-0.1, -0.05) is 36.4 Å². The molecule has 0 atom stereocenters. The number of carbonyl (C=O) groups is 1. The number of hydrogen-bond donors (Lipinski definition) is 0. The van der Waals surface area contributed by atoms with E-state index in [9.17, 15) is 14.4 Å². The van der Waals surface area contributed by atoms with E-state index in [4.69, 9.17) is 4.74 Å². The molecule has 0 aliphatic heterocycles. The van der Waals surface area contributed by atoms with Crippen LogP contribution in [0.4, 0.5) is 0 Å². The highest BCUT2D eigenvalue weighted by Gasteiger charge is 2.12. The lowest BCUT2D eigenvalue weighted by molar-refractivity contribution is -0.131. The van der Waals surface area contributed by atoms with Gasteiger partial charge in [-0.2, -0.15) is 0 Å². The maximum Gasteiger partial charge on any atom is 0.308 e. The predicted octanol–water partition coefficient (Wildman–Crippen LogP) is 3.43. The van der Waals surface area contributed by atoms with Crippen LogP contribution in [-0.4, -0.2) is 10.5 Å². The third-order valence-corrected chi connectivity index (χ3v) is 4.37. The molecule has 132 valence electrons. The van der Waals surface area contributed by atoms with Gasteiger partial charge in [0.05, 0.1) is 5.69 Å². The van der Waals surface area contributed by atoms with Gasteiger partial charge < -0.3 is 4.74 Å². The molecule has 0 fully saturated rings. The largest absolute Gasteiger partial charge is 0.427 e. The van der Waals surface area contributed by atoms with E-state index >= 15 is 0 Å².